The van der Waals surface area contributed by atoms with Gasteiger partial charge < -0.3 is 5.32 Å². The van der Waals surface area contributed by atoms with Gasteiger partial charge >= 0.3 is 0 Å². The molecular weight excluding hydrogens is 256 g/mol. The van der Waals surface area contributed by atoms with Crippen LogP contribution in [-0.2, 0) is 4.79 Å². The van der Waals surface area contributed by atoms with Crippen molar-refractivity contribution in [1.29, 1.82) is 0 Å². The van der Waals surface area contributed by atoms with Crippen LogP contribution in [0.3, 0.4) is 0 Å². The van der Waals surface area contributed by atoms with Crippen molar-refractivity contribution in [3.05, 3.63) is 33.9 Å². The maximum absolute atomic E-state index is 11.4. The first kappa shape index (κ1) is 11.9. The van der Waals surface area contributed by atoms with Crippen molar-refractivity contribution >= 4 is 27.7 Å². The number of nitrogens with zero attached hydrogens (tertiary/aromatic N) is 1. The van der Waals surface area contributed by atoms with E-state index in [2.05, 4.69) is 26.2 Å². The highest BCUT2D eigenvalue weighted by molar-refractivity contribution is 9.10. The predicted molar refractivity (Wildman–Crippen MR) is 64.7 cm³/mol. The maximum Gasteiger partial charge on any atom is 0.249 e. The summed E-state index contributed by atoms with van der Waals surface area (Å²) in [4.78, 5) is 15.5. The molecule has 1 rings (SSSR count). The topological polar surface area (TPSA) is 42.0 Å². The number of aryl methyl sites for hydroxylation is 1. The van der Waals surface area contributed by atoms with E-state index in [4.69, 9.17) is 0 Å². The molecule has 15 heavy (non-hydrogen) atoms. The largest absolute Gasteiger partial charge is 0.307 e. The Kier molecular flexibility index (Phi) is 4.03. The zero-order chi connectivity index (χ0) is 11.4. The molecule has 0 aliphatic rings. The SMILES string of the molecule is CC(C)=CC(=O)Nc1ncc(Br)cc1C. The minimum atomic E-state index is -0.145. The molecule has 1 heterocycles. The quantitative estimate of drug-likeness (QED) is 0.838. The van der Waals surface area contributed by atoms with Crippen LogP contribution in [0.4, 0.5) is 5.82 Å². The number of amides is 1. The predicted octanol–water partition coefficient (Wildman–Crippen LogP) is 3.06. The normalized spacial score (nSPS) is 9.60. The van der Waals surface area contributed by atoms with Crippen LogP contribution in [0, 0.1) is 6.92 Å². The molecule has 0 saturated carbocycles. The Bertz CT molecular complexity index is 409. The van der Waals surface area contributed by atoms with Crippen molar-refractivity contribution < 1.29 is 4.79 Å². The lowest BCUT2D eigenvalue weighted by atomic mass is 10.3. The number of nitrogens with one attached hydrogen (secondary N) is 1. The number of rotatable bonds is 2. The molecule has 0 bridgehead atoms. The molecule has 1 amide bonds. The van der Waals surface area contributed by atoms with Gasteiger partial charge in [0.2, 0.25) is 5.91 Å². The second-order valence-corrected chi connectivity index (χ2v) is 4.45. The minimum Gasteiger partial charge on any atom is -0.307 e. The van der Waals surface area contributed by atoms with Crippen molar-refractivity contribution in [2.45, 2.75) is 20.8 Å². The number of anilines is 1. The third-order valence-electron chi connectivity index (χ3n) is 1.71. The zero-order valence-electron chi connectivity index (χ0n) is 8.97. The molecule has 80 valence electrons. The van der Waals surface area contributed by atoms with Crippen LogP contribution in [0.1, 0.15) is 19.4 Å². The zero-order valence-corrected chi connectivity index (χ0v) is 10.6. The van der Waals surface area contributed by atoms with E-state index in [0.717, 1.165) is 15.6 Å². The van der Waals surface area contributed by atoms with Gasteiger partial charge in [-0.25, -0.2) is 4.98 Å². The summed E-state index contributed by atoms with van der Waals surface area (Å²) in [6.45, 7) is 5.65. The Labute approximate surface area is 97.7 Å². The molecule has 0 saturated heterocycles. The molecule has 0 spiro atoms. The van der Waals surface area contributed by atoms with Gasteiger partial charge in [0.15, 0.2) is 0 Å². The number of carbonyl (C=O) groups is 1. The number of hydrogen-bond donors (Lipinski definition) is 1. The second-order valence-electron chi connectivity index (χ2n) is 3.53. The second kappa shape index (κ2) is 5.07. The third kappa shape index (κ3) is 3.83. The number of carbonyl (C=O) groups excluding carboxylic acids is 1. The summed E-state index contributed by atoms with van der Waals surface area (Å²) in [5, 5.41) is 2.72. The van der Waals surface area contributed by atoms with Gasteiger partial charge in [0.25, 0.3) is 0 Å². The van der Waals surface area contributed by atoms with E-state index in [1.807, 2.05) is 26.8 Å². The first-order valence-electron chi connectivity index (χ1n) is 4.57. The van der Waals surface area contributed by atoms with Crippen molar-refractivity contribution in [3.63, 3.8) is 0 Å². The number of aromatic nitrogens is 1. The Morgan fingerprint density at radius 1 is 1.53 bits per heavy atom. The number of pyridine rings is 1. The fourth-order valence-electron chi connectivity index (χ4n) is 1.09. The molecule has 0 fully saturated rings. The molecule has 1 aromatic heterocycles. The molecule has 0 aromatic carbocycles. The van der Waals surface area contributed by atoms with Crippen LogP contribution in [0.15, 0.2) is 28.4 Å². The molecule has 0 aliphatic heterocycles. The van der Waals surface area contributed by atoms with E-state index in [-0.39, 0.29) is 5.91 Å². The fraction of sp³-hybridized carbons (Fsp3) is 0.273. The summed E-state index contributed by atoms with van der Waals surface area (Å²) in [5.74, 6) is 0.452. The first-order chi connectivity index (χ1) is 6.99. The molecule has 0 aliphatic carbocycles. The highest BCUT2D eigenvalue weighted by Gasteiger charge is 2.03. The Balaban J connectivity index is 2.82. The van der Waals surface area contributed by atoms with Crippen LogP contribution < -0.4 is 5.32 Å². The first-order valence-corrected chi connectivity index (χ1v) is 5.36. The van der Waals surface area contributed by atoms with Gasteiger partial charge in [0, 0.05) is 16.7 Å². The van der Waals surface area contributed by atoms with Crippen LogP contribution >= 0.6 is 15.9 Å². The van der Waals surface area contributed by atoms with E-state index in [0.29, 0.717) is 5.82 Å². The van der Waals surface area contributed by atoms with Crippen molar-refractivity contribution in [3.8, 4) is 0 Å². The molecular formula is C11H13BrN2O. The minimum absolute atomic E-state index is 0.145. The lowest BCUT2D eigenvalue weighted by Gasteiger charge is -2.05. The van der Waals surface area contributed by atoms with Gasteiger partial charge in [0.05, 0.1) is 0 Å². The van der Waals surface area contributed by atoms with Crippen LogP contribution in [-0.4, -0.2) is 10.9 Å². The van der Waals surface area contributed by atoms with E-state index >= 15 is 0 Å². The van der Waals surface area contributed by atoms with E-state index in [9.17, 15) is 4.79 Å². The molecule has 1 N–H and O–H groups in total. The lowest BCUT2D eigenvalue weighted by Crippen LogP contribution is -2.10. The highest BCUT2D eigenvalue weighted by atomic mass is 79.9. The maximum atomic E-state index is 11.4. The van der Waals surface area contributed by atoms with Gasteiger partial charge in [-0.3, -0.25) is 4.79 Å². The number of halogens is 1. The van der Waals surface area contributed by atoms with Gasteiger partial charge in [-0.2, -0.15) is 0 Å². The van der Waals surface area contributed by atoms with Crippen LogP contribution in [0.5, 0.6) is 0 Å². The summed E-state index contributed by atoms with van der Waals surface area (Å²) in [7, 11) is 0. The number of allylic oxidation sites excluding steroid dienone is 1. The molecule has 1 aromatic rings. The smallest absolute Gasteiger partial charge is 0.249 e. The Morgan fingerprint density at radius 3 is 2.73 bits per heavy atom. The average Bonchev–Trinajstić information content (AvgIpc) is 2.08. The van der Waals surface area contributed by atoms with E-state index < -0.39 is 0 Å². The highest BCUT2D eigenvalue weighted by Crippen LogP contribution is 2.16. The summed E-state index contributed by atoms with van der Waals surface area (Å²) >= 11 is 3.32. The lowest BCUT2D eigenvalue weighted by molar-refractivity contribution is -0.112. The van der Waals surface area contributed by atoms with Gasteiger partial charge in [-0.1, -0.05) is 5.57 Å². The molecule has 4 heteroatoms. The molecule has 0 radical (unpaired) electrons. The summed E-state index contributed by atoms with van der Waals surface area (Å²) in [6, 6.07) is 1.91. The Morgan fingerprint density at radius 2 is 2.20 bits per heavy atom. The van der Waals surface area contributed by atoms with Crippen molar-refractivity contribution in [1.82, 2.24) is 4.98 Å². The molecule has 3 nitrogen and oxygen atoms in total. The van der Waals surface area contributed by atoms with Crippen LogP contribution in [0.2, 0.25) is 0 Å². The number of hydrogen-bond acceptors (Lipinski definition) is 2. The average molecular weight is 269 g/mol. The van der Waals surface area contributed by atoms with Gasteiger partial charge in [-0.05, 0) is 48.3 Å². The fourth-order valence-corrected chi connectivity index (χ4v) is 1.53. The monoisotopic (exact) mass is 268 g/mol. The Hall–Kier alpha value is -1.16. The van der Waals surface area contributed by atoms with Gasteiger partial charge in [0.1, 0.15) is 5.82 Å². The van der Waals surface area contributed by atoms with Crippen LogP contribution in [0.25, 0.3) is 0 Å². The van der Waals surface area contributed by atoms with Crippen molar-refractivity contribution in [2.24, 2.45) is 0 Å². The standard InChI is InChI=1S/C11H13BrN2O/c1-7(2)4-10(15)14-11-8(3)5-9(12)6-13-11/h4-6H,1-3H3,(H,13,14,15). The van der Waals surface area contributed by atoms with Gasteiger partial charge in [-0.15, -0.1) is 0 Å². The summed E-state index contributed by atoms with van der Waals surface area (Å²) in [6.07, 6.45) is 3.20. The molecule has 0 unspecified atom stereocenters. The van der Waals surface area contributed by atoms with E-state index in [1.54, 1.807) is 12.3 Å². The molecule has 0 atom stereocenters. The van der Waals surface area contributed by atoms with Crippen molar-refractivity contribution in [2.75, 3.05) is 5.32 Å². The third-order valence-corrected chi connectivity index (χ3v) is 2.14. The summed E-state index contributed by atoms with van der Waals surface area (Å²) < 4.78 is 0.903. The van der Waals surface area contributed by atoms with E-state index in [1.165, 1.54) is 0 Å². The summed E-state index contributed by atoms with van der Waals surface area (Å²) in [5.41, 5.74) is 1.89.